The number of halogens is 3. The number of nitrogens with zero attached hydrogens (tertiary/aromatic N) is 3. The van der Waals surface area contributed by atoms with E-state index in [1.165, 1.54) is 0 Å². The van der Waals surface area contributed by atoms with Gasteiger partial charge in [0.2, 0.25) is 0 Å². The molecule has 1 atom stereocenters. The van der Waals surface area contributed by atoms with Gasteiger partial charge in [0.1, 0.15) is 23.2 Å². The highest BCUT2D eigenvalue weighted by Crippen LogP contribution is 2.36. The topological polar surface area (TPSA) is 80.3 Å². The van der Waals surface area contributed by atoms with E-state index in [1.54, 1.807) is 18.3 Å². The predicted molar refractivity (Wildman–Crippen MR) is 138 cm³/mol. The Kier molecular flexibility index (Phi) is 7.60. The molecule has 1 fully saturated rings. The summed E-state index contributed by atoms with van der Waals surface area (Å²) in [4.78, 5) is 9.18. The zero-order chi connectivity index (χ0) is 23.4. The van der Waals surface area contributed by atoms with Crippen molar-refractivity contribution >= 4 is 46.8 Å². The molecule has 0 radical (unpaired) electrons. The first-order chi connectivity index (χ1) is 15.9. The SMILES string of the molecule is C=C(N=Cc1nc(-c2c(Cl)cccc2Cl)n(CC2CCNC2)c1N)NCc1ccc(Cl)cc1. The molecule has 0 spiro atoms. The molecule has 2 aromatic carbocycles. The molecule has 172 valence electrons. The zero-order valence-electron chi connectivity index (χ0n) is 18.0. The van der Waals surface area contributed by atoms with Crippen LogP contribution in [-0.2, 0) is 13.1 Å². The van der Waals surface area contributed by atoms with Crippen LogP contribution in [0, 0.1) is 5.92 Å². The van der Waals surface area contributed by atoms with Crippen molar-refractivity contribution in [1.82, 2.24) is 20.2 Å². The standard InChI is InChI=1S/C24H25Cl3N6/c1-15(30-12-16-5-7-18(25)8-6-16)31-13-21-23(28)33(14-17-9-10-29-11-17)24(32-21)22-19(26)3-2-4-20(22)27/h2-8,13,17,29-30H,1,9-12,14,28H2. The third-order valence-electron chi connectivity index (χ3n) is 5.58. The van der Waals surface area contributed by atoms with Gasteiger partial charge >= 0.3 is 0 Å². The number of nitrogen functional groups attached to an aromatic ring is 1. The van der Waals surface area contributed by atoms with Crippen LogP contribution in [-0.4, -0.2) is 28.9 Å². The molecular weight excluding hydrogens is 479 g/mol. The molecular formula is C24H25Cl3N6. The van der Waals surface area contributed by atoms with Crippen LogP contribution in [0.5, 0.6) is 0 Å². The van der Waals surface area contributed by atoms with Crippen molar-refractivity contribution in [2.24, 2.45) is 10.9 Å². The van der Waals surface area contributed by atoms with Crippen molar-refractivity contribution in [3.8, 4) is 11.4 Å². The lowest BCUT2D eigenvalue weighted by Gasteiger charge is -2.15. The molecule has 33 heavy (non-hydrogen) atoms. The van der Waals surface area contributed by atoms with E-state index in [9.17, 15) is 0 Å². The first-order valence-corrected chi connectivity index (χ1v) is 11.8. The van der Waals surface area contributed by atoms with E-state index in [1.807, 2.05) is 34.9 Å². The minimum absolute atomic E-state index is 0.447. The Hall–Kier alpha value is -2.51. The van der Waals surface area contributed by atoms with Gasteiger partial charge in [-0.2, -0.15) is 0 Å². The number of anilines is 1. The Morgan fingerprint density at radius 3 is 2.61 bits per heavy atom. The highest BCUT2D eigenvalue weighted by molar-refractivity contribution is 6.39. The number of aromatic nitrogens is 2. The monoisotopic (exact) mass is 502 g/mol. The van der Waals surface area contributed by atoms with Gasteiger partial charge in [-0.1, -0.05) is 59.6 Å². The van der Waals surface area contributed by atoms with E-state index < -0.39 is 0 Å². The van der Waals surface area contributed by atoms with Crippen molar-refractivity contribution < 1.29 is 0 Å². The summed E-state index contributed by atoms with van der Waals surface area (Å²) < 4.78 is 1.98. The minimum atomic E-state index is 0.447. The summed E-state index contributed by atoms with van der Waals surface area (Å²) in [6.07, 6.45) is 2.69. The van der Waals surface area contributed by atoms with Gasteiger partial charge < -0.3 is 20.9 Å². The molecule has 4 N–H and O–H groups in total. The van der Waals surface area contributed by atoms with Crippen LogP contribution in [0.3, 0.4) is 0 Å². The van der Waals surface area contributed by atoms with Crippen LogP contribution in [0.4, 0.5) is 5.82 Å². The molecule has 0 aliphatic carbocycles. The third-order valence-corrected chi connectivity index (χ3v) is 6.46. The summed E-state index contributed by atoms with van der Waals surface area (Å²) in [6, 6.07) is 13.0. The van der Waals surface area contributed by atoms with Crippen LogP contribution in [0.15, 0.2) is 59.9 Å². The van der Waals surface area contributed by atoms with E-state index in [-0.39, 0.29) is 0 Å². The summed E-state index contributed by atoms with van der Waals surface area (Å²) >= 11 is 18.9. The maximum Gasteiger partial charge on any atom is 0.145 e. The fourth-order valence-electron chi connectivity index (χ4n) is 3.79. The average Bonchev–Trinajstić information content (AvgIpc) is 3.41. The Labute approximate surface area is 208 Å². The van der Waals surface area contributed by atoms with Gasteiger partial charge in [0.15, 0.2) is 0 Å². The number of nitrogens with one attached hydrogen (secondary N) is 2. The highest BCUT2D eigenvalue weighted by Gasteiger charge is 2.23. The Morgan fingerprint density at radius 1 is 1.21 bits per heavy atom. The van der Waals surface area contributed by atoms with Crippen LogP contribution in [0.2, 0.25) is 15.1 Å². The molecule has 1 aliphatic heterocycles. The van der Waals surface area contributed by atoms with E-state index in [0.717, 1.165) is 25.1 Å². The number of hydrogen-bond acceptors (Lipinski definition) is 5. The summed E-state index contributed by atoms with van der Waals surface area (Å²) in [5.74, 6) is 2.09. The van der Waals surface area contributed by atoms with E-state index in [2.05, 4.69) is 22.2 Å². The summed E-state index contributed by atoms with van der Waals surface area (Å²) in [6.45, 7) is 7.19. The van der Waals surface area contributed by atoms with Gasteiger partial charge in [-0.15, -0.1) is 0 Å². The summed E-state index contributed by atoms with van der Waals surface area (Å²) in [7, 11) is 0. The smallest absolute Gasteiger partial charge is 0.145 e. The minimum Gasteiger partial charge on any atom is -0.383 e. The van der Waals surface area contributed by atoms with Crippen LogP contribution in [0.25, 0.3) is 11.4 Å². The fourth-order valence-corrected chi connectivity index (χ4v) is 4.48. The molecule has 0 bridgehead atoms. The van der Waals surface area contributed by atoms with Gasteiger partial charge in [0, 0.05) is 18.1 Å². The molecule has 1 unspecified atom stereocenters. The second kappa shape index (κ2) is 10.6. The van der Waals surface area contributed by atoms with Gasteiger partial charge in [-0.05, 0) is 55.3 Å². The highest BCUT2D eigenvalue weighted by atomic mass is 35.5. The molecule has 0 saturated carbocycles. The quantitative estimate of drug-likeness (QED) is 0.360. The van der Waals surface area contributed by atoms with Crippen LogP contribution >= 0.6 is 34.8 Å². The average molecular weight is 504 g/mol. The molecule has 9 heteroatoms. The van der Waals surface area contributed by atoms with Crippen LogP contribution < -0.4 is 16.4 Å². The lowest BCUT2D eigenvalue weighted by molar-refractivity contribution is 0.488. The second-order valence-corrected chi connectivity index (χ2v) is 9.21. The first-order valence-electron chi connectivity index (χ1n) is 10.6. The van der Waals surface area contributed by atoms with Crippen LogP contribution in [0.1, 0.15) is 17.7 Å². The Balaban J connectivity index is 1.58. The molecule has 0 amide bonds. The number of aliphatic imine (C=N–C) groups is 1. The van der Waals surface area contributed by atoms with Gasteiger partial charge in [0.25, 0.3) is 0 Å². The number of rotatable bonds is 8. The molecule has 1 saturated heterocycles. The summed E-state index contributed by atoms with van der Waals surface area (Å²) in [5.41, 5.74) is 8.80. The fraction of sp³-hybridized carbons (Fsp3) is 0.250. The number of nitrogens with two attached hydrogens (primary N) is 1. The molecule has 4 rings (SSSR count). The third kappa shape index (κ3) is 5.71. The molecule has 1 aliphatic rings. The molecule has 6 nitrogen and oxygen atoms in total. The molecule has 1 aromatic heterocycles. The predicted octanol–water partition coefficient (Wildman–Crippen LogP) is 5.38. The summed E-state index contributed by atoms with van der Waals surface area (Å²) in [5, 5.41) is 8.31. The van der Waals surface area contributed by atoms with Crippen molar-refractivity contribution in [3.63, 3.8) is 0 Å². The van der Waals surface area contributed by atoms with Crippen molar-refractivity contribution in [2.75, 3.05) is 18.8 Å². The molecule has 2 heterocycles. The van der Waals surface area contributed by atoms with Gasteiger partial charge in [-0.25, -0.2) is 9.98 Å². The van der Waals surface area contributed by atoms with Crippen molar-refractivity contribution in [2.45, 2.75) is 19.5 Å². The first kappa shape index (κ1) is 23.6. The number of imidazole rings is 1. The van der Waals surface area contributed by atoms with E-state index in [4.69, 9.17) is 45.5 Å². The lowest BCUT2D eigenvalue weighted by atomic mass is 10.1. The van der Waals surface area contributed by atoms with E-state index in [0.29, 0.717) is 62.8 Å². The largest absolute Gasteiger partial charge is 0.383 e. The Morgan fingerprint density at radius 2 is 1.94 bits per heavy atom. The van der Waals surface area contributed by atoms with E-state index >= 15 is 0 Å². The lowest BCUT2D eigenvalue weighted by Crippen LogP contribution is -2.17. The zero-order valence-corrected chi connectivity index (χ0v) is 20.3. The van der Waals surface area contributed by atoms with Crippen molar-refractivity contribution in [1.29, 1.82) is 0 Å². The number of benzene rings is 2. The van der Waals surface area contributed by atoms with Gasteiger partial charge in [0.05, 0.1) is 21.8 Å². The normalized spacial score (nSPS) is 15.9. The van der Waals surface area contributed by atoms with Gasteiger partial charge in [-0.3, -0.25) is 0 Å². The number of hydrogen-bond donors (Lipinski definition) is 3. The second-order valence-electron chi connectivity index (χ2n) is 7.96. The molecule has 3 aromatic rings. The Bertz CT molecular complexity index is 1140. The maximum atomic E-state index is 6.53. The van der Waals surface area contributed by atoms with Crippen molar-refractivity contribution in [3.05, 3.63) is 81.2 Å². The maximum absolute atomic E-state index is 6.53.